The number of aromatic nitrogens is 2. The summed E-state index contributed by atoms with van der Waals surface area (Å²) in [6, 6.07) is 7.67. The van der Waals surface area contributed by atoms with Crippen LogP contribution >= 0.6 is 0 Å². The number of methoxy groups -OCH3 is 1. The first-order chi connectivity index (χ1) is 15.1. The van der Waals surface area contributed by atoms with Gasteiger partial charge in [-0.2, -0.15) is 0 Å². The molecule has 0 saturated carbocycles. The Morgan fingerprint density at radius 1 is 1.10 bits per heavy atom. The van der Waals surface area contributed by atoms with Gasteiger partial charge in [-0.15, -0.1) is 0 Å². The molecule has 0 unspecified atom stereocenters. The van der Waals surface area contributed by atoms with Crippen molar-refractivity contribution in [2.24, 2.45) is 5.92 Å². The van der Waals surface area contributed by atoms with E-state index in [1.54, 1.807) is 19.6 Å². The molecule has 2 aromatic rings. The van der Waals surface area contributed by atoms with Crippen LogP contribution in [0.15, 0.2) is 36.8 Å². The Kier molecular flexibility index (Phi) is 6.59. The lowest BCUT2D eigenvalue weighted by molar-refractivity contribution is 0.0372. The average molecular weight is 425 g/mol. The molecule has 1 aromatic heterocycles. The number of likely N-dealkylation sites (tertiary alicyclic amines) is 2. The van der Waals surface area contributed by atoms with Gasteiger partial charge in [-0.25, -0.2) is 4.98 Å². The van der Waals surface area contributed by atoms with Crippen LogP contribution in [0.3, 0.4) is 0 Å². The number of nitrogens with zero attached hydrogens (tertiary/aromatic N) is 4. The molecule has 0 spiro atoms. The molecule has 166 valence electrons. The molecule has 2 aliphatic rings. The third kappa shape index (κ3) is 4.45. The van der Waals surface area contributed by atoms with Crippen molar-refractivity contribution in [3.05, 3.63) is 48.0 Å². The lowest BCUT2D eigenvalue weighted by Crippen LogP contribution is -2.51. The normalized spacial score (nSPS) is 20.0. The maximum absolute atomic E-state index is 13.3. The van der Waals surface area contributed by atoms with E-state index in [2.05, 4.69) is 9.88 Å². The first-order valence-electron chi connectivity index (χ1n) is 11.4. The fourth-order valence-electron chi connectivity index (χ4n) is 5.02. The number of amides is 2. The Bertz CT molecular complexity index is 917. The van der Waals surface area contributed by atoms with Crippen molar-refractivity contribution in [2.45, 2.75) is 51.6 Å². The van der Waals surface area contributed by atoms with Gasteiger partial charge < -0.3 is 19.1 Å². The highest BCUT2D eigenvalue weighted by Crippen LogP contribution is 2.32. The lowest BCUT2D eigenvalue weighted by Gasteiger charge is -2.43. The number of ether oxygens (including phenoxy) is 1. The van der Waals surface area contributed by atoms with Crippen LogP contribution in [0, 0.1) is 5.92 Å². The third-order valence-electron chi connectivity index (χ3n) is 6.77. The minimum Gasteiger partial charge on any atom is -0.497 e. The van der Waals surface area contributed by atoms with Gasteiger partial charge in [-0.05, 0) is 63.1 Å². The lowest BCUT2D eigenvalue weighted by atomic mass is 9.83. The maximum atomic E-state index is 13.3. The minimum absolute atomic E-state index is 0.0609. The van der Waals surface area contributed by atoms with Crippen molar-refractivity contribution in [2.75, 3.05) is 26.7 Å². The standard InChI is InChI=1S/C24H32N4O3/c1-3-26-17-25-16-22(26)24(30)27-13-10-18(11-14-27)21-9-4-5-12-28(21)23(29)19-7-6-8-20(15-19)31-2/h6-8,15-18,21H,3-5,9-14H2,1-2H3/t21-/m0/s1. The quantitative estimate of drug-likeness (QED) is 0.737. The third-order valence-corrected chi connectivity index (χ3v) is 6.77. The van der Waals surface area contributed by atoms with Gasteiger partial charge in [-0.1, -0.05) is 6.07 Å². The van der Waals surface area contributed by atoms with Crippen molar-refractivity contribution in [3.8, 4) is 5.75 Å². The summed E-state index contributed by atoms with van der Waals surface area (Å²) in [5.41, 5.74) is 1.35. The molecule has 2 amide bonds. The summed E-state index contributed by atoms with van der Waals surface area (Å²) in [5, 5.41) is 0. The molecule has 2 saturated heterocycles. The zero-order chi connectivity index (χ0) is 21.8. The number of piperidine rings is 2. The second-order valence-electron chi connectivity index (χ2n) is 8.49. The Balaban J connectivity index is 1.42. The van der Waals surface area contributed by atoms with E-state index in [4.69, 9.17) is 4.74 Å². The number of benzene rings is 1. The molecule has 0 aliphatic carbocycles. The largest absolute Gasteiger partial charge is 0.497 e. The zero-order valence-corrected chi connectivity index (χ0v) is 18.5. The highest BCUT2D eigenvalue weighted by atomic mass is 16.5. The number of hydrogen-bond donors (Lipinski definition) is 0. The van der Waals surface area contributed by atoms with Crippen molar-refractivity contribution in [1.82, 2.24) is 19.4 Å². The Labute approximate surface area is 184 Å². The topological polar surface area (TPSA) is 67.7 Å². The molecule has 7 heteroatoms. The van der Waals surface area contributed by atoms with Gasteiger partial charge in [-0.3, -0.25) is 9.59 Å². The predicted molar refractivity (Wildman–Crippen MR) is 118 cm³/mol. The van der Waals surface area contributed by atoms with Gasteiger partial charge in [0.2, 0.25) is 0 Å². The van der Waals surface area contributed by atoms with Crippen LogP contribution in [0.5, 0.6) is 5.75 Å². The van der Waals surface area contributed by atoms with E-state index in [0.29, 0.717) is 22.9 Å². The number of imidazole rings is 1. The first-order valence-corrected chi connectivity index (χ1v) is 11.4. The number of hydrogen-bond acceptors (Lipinski definition) is 4. The summed E-state index contributed by atoms with van der Waals surface area (Å²) >= 11 is 0. The molecule has 4 rings (SSSR count). The Morgan fingerprint density at radius 2 is 1.90 bits per heavy atom. The molecule has 31 heavy (non-hydrogen) atoms. The molecule has 0 radical (unpaired) electrons. The number of aryl methyl sites for hydroxylation is 1. The molecule has 0 N–H and O–H groups in total. The summed E-state index contributed by atoms with van der Waals surface area (Å²) in [5.74, 6) is 1.28. The average Bonchev–Trinajstić information content (AvgIpc) is 3.32. The summed E-state index contributed by atoms with van der Waals surface area (Å²) in [6.07, 6.45) is 8.47. The molecular weight excluding hydrogens is 392 g/mol. The number of carbonyl (C=O) groups excluding carboxylic acids is 2. The van der Waals surface area contributed by atoms with Crippen LogP contribution in [0.4, 0.5) is 0 Å². The highest BCUT2D eigenvalue weighted by molar-refractivity contribution is 5.95. The summed E-state index contributed by atoms with van der Waals surface area (Å²) in [6.45, 7) is 5.02. The number of rotatable bonds is 5. The fourth-order valence-corrected chi connectivity index (χ4v) is 5.02. The van der Waals surface area contributed by atoms with Gasteiger partial charge in [0.15, 0.2) is 0 Å². The van der Waals surface area contributed by atoms with E-state index in [1.165, 1.54) is 0 Å². The van der Waals surface area contributed by atoms with E-state index in [9.17, 15) is 9.59 Å². The second-order valence-corrected chi connectivity index (χ2v) is 8.49. The van der Waals surface area contributed by atoms with Gasteiger partial charge in [0.05, 0.1) is 19.6 Å². The van der Waals surface area contributed by atoms with Crippen molar-refractivity contribution in [3.63, 3.8) is 0 Å². The van der Waals surface area contributed by atoms with Crippen molar-refractivity contribution >= 4 is 11.8 Å². The van der Waals surface area contributed by atoms with Gasteiger partial charge in [0.1, 0.15) is 11.4 Å². The van der Waals surface area contributed by atoms with Crippen LogP contribution in [0.1, 0.15) is 59.9 Å². The monoisotopic (exact) mass is 424 g/mol. The second kappa shape index (κ2) is 9.54. The molecule has 2 fully saturated rings. The number of carbonyl (C=O) groups is 2. The van der Waals surface area contributed by atoms with E-state index >= 15 is 0 Å². The highest BCUT2D eigenvalue weighted by Gasteiger charge is 2.36. The first kappa shape index (κ1) is 21.4. The van der Waals surface area contributed by atoms with Crippen LogP contribution < -0.4 is 4.74 Å². The predicted octanol–water partition coefficient (Wildman–Crippen LogP) is 3.46. The van der Waals surface area contributed by atoms with Crippen LogP contribution in [0.2, 0.25) is 0 Å². The molecule has 1 aromatic carbocycles. The van der Waals surface area contributed by atoms with Crippen LogP contribution in [-0.4, -0.2) is 64.0 Å². The zero-order valence-electron chi connectivity index (χ0n) is 18.5. The Hall–Kier alpha value is -2.83. The van der Waals surface area contributed by atoms with E-state index in [1.807, 2.05) is 40.7 Å². The smallest absolute Gasteiger partial charge is 0.272 e. The summed E-state index contributed by atoms with van der Waals surface area (Å²) < 4.78 is 7.20. The SMILES string of the molecule is CCn1cncc1C(=O)N1CCC([C@@H]2CCCCN2C(=O)c2cccc(OC)c2)CC1. The van der Waals surface area contributed by atoms with Gasteiger partial charge in [0, 0.05) is 37.8 Å². The molecule has 1 atom stereocenters. The minimum atomic E-state index is 0.0609. The van der Waals surface area contributed by atoms with Crippen LogP contribution in [0.25, 0.3) is 0 Å². The van der Waals surface area contributed by atoms with Crippen molar-refractivity contribution in [1.29, 1.82) is 0 Å². The van der Waals surface area contributed by atoms with E-state index < -0.39 is 0 Å². The van der Waals surface area contributed by atoms with Gasteiger partial charge >= 0.3 is 0 Å². The molecule has 7 nitrogen and oxygen atoms in total. The van der Waals surface area contributed by atoms with Crippen LogP contribution in [-0.2, 0) is 6.54 Å². The van der Waals surface area contributed by atoms with E-state index in [0.717, 1.165) is 58.3 Å². The maximum Gasteiger partial charge on any atom is 0.272 e. The fraction of sp³-hybridized carbons (Fsp3) is 0.542. The molecular formula is C24H32N4O3. The van der Waals surface area contributed by atoms with Gasteiger partial charge in [0.25, 0.3) is 11.8 Å². The summed E-state index contributed by atoms with van der Waals surface area (Å²) in [4.78, 5) is 34.4. The van der Waals surface area contributed by atoms with E-state index in [-0.39, 0.29) is 17.9 Å². The summed E-state index contributed by atoms with van der Waals surface area (Å²) in [7, 11) is 1.62. The Morgan fingerprint density at radius 3 is 2.65 bits per heavy atom. The molecule has 2 aliphatic heterocycles. The molecule has 3 heterocycles. The van der Waals surface area contributed by atoms with Crippen molar-refractivity contribution < 1.29 is 14.3 Å². The molecule has 0 bridgehead atoms.